The SMILES string of the molecule is CC(C)C1=C[C@]23CC[C@@H]4[C@](C)(CCC[C@@]4(C)C(=O)O)[C@@H]2C[C@@H]1[C@H]1C(=O)N(c2cccc4ccccc24)C(=O)[C@H]13. The Morgan fingerprint density at radius 1 is 0.974 bits per heavy atom. The second kappa shape index (κ2) is 8.05. The number of aliphatic carboxylic acids is 1. The van der Waals surface area contributed by atoms with Crippen molar-refractivity contribution in [2.24, 2.45) is 51.8 Å². The van der Waals surface area contributed by atoms with Crippen molar-refractivity contribution in [3.63, 3.8) is 0 Å². The van der Waals surface area contributed by atoms with E-state index in [1.54, 1.807) is 0 Å². The molecule has 1 N–H and O–H groups in total. The van der Waals surface area contributed by atoms with Crippen LogP contribution in [0.2, 0.25) is 0 Å². The molecule has 0 unspecified atom stereocenters. The number of carbonyl (C=O) groups excluding carboxylic acids is 2. The van der Waals surface area contributed by atoms with E-state index in [-0.39, 0.29) is 46.8 Å². The number of hydrogen-bond donors (Lipinski definition) is 1. The molecular weight excluding hydrogens is 486 g/mol. The lowest BCUT2D eigenvalue weighted by atomic mass is 9.34. The molecule has 204 valence electrons. The molecule has 6 aliphatic rings. The second-order valence-electron chi connectivity index (χ2n) is 14.0. The Hall–Kier alpha value is -2.95. The highest BCUT2D eigenvalue weighted by atomic mass is 16.4. The summed E-state index contributed by atoms with van der Waals surface area (Å²) in [6.07, 6.45) is 7.53. The van der Waals surface area contributed by atoms with Crippen LogP contribution < -0.4 is 4.90 Å². The maximum Gasteiger partial charge on any atom is 0.309 e. The summed E-state index contributed by atoms with van der Waals surface area (Å²) in [5, 5.41) is 12.3. The van der Waals surface area contributed by atoms with Crippen LogP contribution in [0.1, 0.15) is 66.2 Å². The van der Waals surface area contributed by atoms with Crippen LogP contribution in [0.15, 0.2) is 54.1 Å². The lowest BCUT2D eigenvalue weighted by Gasteiger charge is -2.68. The van der Waals surface area contributed by atoms with Crippen LogP contribution in [0, 0.1) is 51.8 Å². The van der Waals surface area contributed by atoms with Gasteiger partial charge in [0.2, 0.25) is 11.8 Å². The lowest BCUT2D eigenvalue weighted by molar-refractivity contribution is -0.194. The van der Waals surface area contributed by atoms with Crippen LogP contribution in [0.3, 0.4) is 0 Å². The molecule has 1 spiro atoms. The third kappa shape index (κ3) is 3.00. The predicted octanol–water partition coefficient (Wildman–Crippen LogP) is 6.86. The molecule has 3 saturated carbocycles. The Kier molecular flexibility index (Phi) is 5.17. The van der Waals surface area contributed by atoms with Crippen molar-refractivity contribution in [1.82, 2.24) is 0 Å². The first-order valence-electron chi connectivity index (χ1n) is 14.9. The summed E-state index contributed by atoms with van der Waals surface area (Å²) in [6.45, 7) is 8.71. The molecule has 2 amide bonds. The normalized spacial score (nSPS) is 40.9. The monoisotopic (exact) mass is 525 g/mol. The summed E-state index contributed by atoms with van der Waals surface area (Å²) < 4.78 is 0. The number of benzene rings is 2. The van der Waals surface area contributed by atoms with E-state index in [1.807, 2.05) is 49.4 Å². The molecule has 0 aromatic heterocycles. The molecule has 0 radical (unpaired) electrons. The fourth-order valence-corrected chi connectivity index (χ4v) is 10.6. The largest absolute Gasteiger partial charge is 0.481 e. The number of nitrogens with zero attached hydrogens (tertiary/aromatic N) is 1. The molecule has 2 bridgehead atoms. The molecule has 39 heavy (non-hydrogen) atoms. The van der Waals surface area contributed by atoms with Gasteiger partial charge in [-0.2, -0.15) is 0 Å². The van der Waals surface area contributed by atoms with E-state index in [0.29, 0.717) is 11.6 Å². The highest BCUT2D eigenvalue weighted by Gasteiger charge is 2.73. The van der Waals surface area contributed by atoms with Gasteiger partial charge in [0, 0.05) is 10.8 Å². The minimum Gasteiger partial charge on any atom is -0.481 e. The van der Waals surface area contributed by atoms with Gasteiger partial charge in [-0.15, -0.1) is 0 Å². The lowest BCUT2D eigenvalue weighted by Crippen LogP contribution is -2.65. The third-order valence-corrected chi connectivity index (χ3v) is 12.2. The molecule has 8 atom stereocenters. The number of carboxylic acids is 1. The van der Waals surface area contributed by atoms with Crippen LogP contribution in [0.4, 0.5) is 5.69 Å². The number of amides is 2. The molecule has 1 heterocycles. The van der Waals surface area contributed by atoms with Crippen molar-refractivity contribution < 1.29 is 19.5 Å². The Morgan fingerprint density at radius 3 is 2.46 bits per heavy atom. The number of anilines is 1. The molecule has 5 nitrogen and oxygen atoms in total. The molecule has 8 rings (SSSR count). The van der Waals surface area contributed by atoms with Crippen LogP contribution in [-0.4, -0.2) is 22.9 Å². The zero-order chi connectivity index (χ0) is 27.5. The Bertz CT molecular complexity index is 1450. The highest BCUT2D eigenvalue weighted by Crippen LogP contribution is 2.74. The number of hydrogen-bond acceptors (Lipinski definition) is 3. The Balaban J connectivity index is 1.38. The minimum atomic E-state index is -0.736. The minimum absolute atomic E-state index is 0.0342. The summed E-state index contributed by atoms with van der Waals surface area (Å²) in [7, 11) is 0. The summed E-state index contributed by atoms with van der Waals surface area (Å²) in [5.41, 5.74) is 0.744. The van der Waals surface area contributed by atoms with Gasteiger partial charge in [0.15, 0.2) is 0 Å². The zero-order valence-electron chi connectivity index (χ0n) is 23.4. The first-order chi connectivity index (χ1) is 18.5. The van der Waals surface area contributed by atoms with Crippen molar-refractivity contribution in [2.45, 2.75) is 66.2 Å². The summed E-state index contributed by atoms with van der Waals surface area (Å²) in [5.74, 6) is -0.828. The molecule has 1 aliphatic heterocycles. The average molecular weight is 526 g/mol. The zero-order valence-corrected chi connectivity index (χ0v) is 23.4. The Morgan fingerprint density at radius 2 is 1.72 bits per heavy atom. The molecular formula is C34H39NO4. The van der Waals surface area contributed by atoms with Gasteiger partial charge in [0.05, 0.1) is 22.9 Å². The van der Waals surface area contributed by atoms with Gasteiger partial charge in [-0.3, -0.25) is 14.4 Å². The van der Waals surface area contributed by atoms with Crippen LogP contribution in [-0.2, 0) is 14.4 Å². The molecule has 5 heteroatoms. The first-order valence-corrected chi connectivity index (χ1v) is 14.9. The molecule has 5 aliphatic carbocycles. The van der Waals surface area contributed by atoms with Crippen molar-refractivity contribution in [2.75, 3.05) is 4.90 Å². The van der Waals surface area contributed by atoms with Gasteiger partial charge in [-0.1, -0.05) is 75.2 Å². The van der Waals surface area contributed by atoms with Gasteiger partial charge in [-0.05, 0) is 79.6 Å². The van der Waals surface area contributed by atoms with Crippen LogP contribution in [0.5, 0.6) is 0 Å². The maximum atomic E-state index is 14.6. The van der Waals surface area contributed by atoms with Gasteiger partial charge in [-0.25, -0.2) is 4.90 Å². The third-order valence-electron chi connectivity index (χ3n) is 12.2. The Labute approximate surface area is 230 Å². The summed E-state index contributed by atoms with van der Waals surface area (Å²) in [4.78, 5) is 43.1. The van der Waals surface area contributed by atoms with Crippen LogP contribution in [0.25, 0.3) is 10.8 Å². The number of imide groups is 1. The van der Waals surface area contributed by atoms with Gasteiger partial charge < -0.3 is 5.11 Å². The number of allylic oxidation sites excluding steroid dienone is 2. The van der Waals surface area contributed by atoms with Crippen LogP contribution >= 0.6 is 0 Å². The molecule has 2 aromatic carbocycles. The van der Waals surface area contributed by atoms with Crippen molar-refractivity contribution in [1.29, 1.82) is 0 Å². The van der Waals surface area contributed by atoms with E-state index in [4.69, 9.17) is 0 Å². The topological polar surface area (TPSA) is 74.7 Å². The maximum absolute atomic E-state index is 14.6. The summed E-state index contributed by atoms with van der Waals surface area (Å²) in [6, 6.07) is 13.9. The summed E-state index contributed by atoms with van der Waals surface area (Å²) >= 11 is 0. The van der Waals surface area contributed by atoms with Gasteiger partial charge >= 0.3 is 5.97 Å². The van der Waals surface area contributed by atoms with Gasteiger partial charge in [0.25, 0.3) is 0 Å². The van der Waals surface area contributed by atoms with E-state index < -0.39 is 16.8 Å². The smallest absolute Gasteiger partial charge is 0.309 e. The van der Waals surface area contributed by atoms with Gasteiger partial charge in [0.1, 0.15) is 0 Å². The van der Waals surface area contributed by atoms with Crippen molar-refractivity contribution in [3.8, 4) is 0 Å². The predicted molar refractivity (Wildman–Crippen MR) is 151 cm³/mol. The quantitative estimate of drug-likeness (QED) is 0.351. The molecule has 4 fully saturated rings. The molecule has 2 aromatic rings. The van der Waals surface area contributed by atoms with Crippen molar-refractivity contribution >= 4 is 34.2 Å². The van der Waals surface area contributed by atoms with E-state index in [2.05, 4.69) is 26.8 Å². The number of fused-ring (bicyclic) bond motifs is 2. The van der Waals surface area contributed by atoms with E-state index in [9.17, 15) is 19.5 Å². The van der Waals surface area contributed by atoms with E-state index in [1.165, 1.54) is 10.5 Å². The molecule has 1 saturated heterocycles. The highest BCUT2D eigenvalue weighted by molar-refractivity contribution is 6.25. The standard InChI is InChI=1S/C34H39NO4/c1-19(2)23-18-34-16-13-25-32(3,14-8-15-33(25,4)31(38)39)26(34)17-22(23)27-28(34)30(37)35(29(27)36)24-12-7-10-20-9-5-6-11-21(20)24/h5-7,9-12,18-19,22,25-28H,8,13-17H2,1-4H3,(H,38,39)/t22-,25+,26-,27+,28-,32-,33+,34+/m0/s1. The first kappa shape index (κ1) is 25.0. The fourth-order valence-electron chi connectivity index (χ4n) is 10.6. The number of carbonyl (C=O) groups is 3. The number of carboxylic acid groups (broad SMARTS) is 1. The number of rotatable bonds is 3. The van der Waals surface area contributed by atoms with Crippen molar-refractivity contribution in [3.05, 3.63) is 54.1 Å². The average Bonchev–Trinajstić information content (AvgIpc) is 3.19. The fraction of sp³-hybridized carbons (Fsp3) is 0.559. The second-order valence-corrected chi connectivity index (χ2v) is 14.0. The van der Waals surface area contributed by atoms with E-state index in [0.717, 1.165) is 49.3 Å². The van der Waals surface area contributed by atoms with E-state index >= 15 is 0 Å².